The average molecular weight is 578 g/mol. The molecule has 0 aliphatic heterocycles. The lowest BCUT2D eigenvalue weighted by molar-refractivity contribution is 0.669. The predicted molar refractivity (Wildman–Crippen MR) is 187 cm³/mol. The highest BCUT2D eigenvalue weighted by Crippen LogP contribution is 2.48. The van der Waals surface area contributed by atoms with Crippen LogP contribution in [0.25, 0.3) is 66.1 Å². The number of benzene rings is 7. The summed E-state index contributed by atoms with van der Waals surface area (Å²) in [5.41, 5.74) is 11.0. The van der Waals surface area contributed by atoms with E-state index in [0.29, 0.717) is 0 Å². The van der Waals surface area contributed by atoms with Crippen molar-refractivity contribution in [2.24, 2.45) is 0 Å². The third-order valence-corrected chi connectivity index (χ3v) is 8.66. The molecule has 2 heterocycles. The molecule has 0 fully saturated rings. The number of nitrogens with zero attached hydrogens (tertiary/aromatic N) is 1. The number of para-hydroxylation sites is 2. The molecule has 0 aliphatic carbocycles. The van der Waals surface area contributed by atoms with Gasteiger partial charge in [0.1, 0.15) is 16.7 Å². The van der Waals surface area contributed by atoms with Gasteiger partial charge in [-0.3, -0.25) is 0 Å². The SMILES string of the molecule is c1ccc(-c2cccc(N(c3ccc4oc5ccccc5c4c3)c3c(-c4ccccc4)ccc4c3oc3ccccc34)c2)cc1. The van der Waals surface area contributed by atoms with Gasteiger partial charge in [-0.25, -0.2) is 0 Å². The van der Waals surface area contributed by atoms with Crippen LogP contribution in [0.2, 0.25) is 0 Å². The number of furan rings is 2. The summed E-state index contributed by atoms with van der Waals surface area (Å²) in [5, 5.41) is 4.35. The van der Waals surface area contributed by atoms with Crippen LogP contribution in [0.15, 0.2) is 173 Å². The van der Waals surface area contributed by atoms with E-state index in [1.54, 1.807) is 0 Å². The third-order valence-electron chi connectivity index (χ3n) is 8.66. The van der Waals surface area contributed by atoms with Crippen LogP contribution in [0.1, 0.15) is 0 Å². The molecule has 9 aromatic rings. The van der Waals surface area contributed by atoms with Crippen LogP contribution in [-0.2, 0) is 0 Å². The van der Waals surface area contributed by atoms with Crippen molar-refractivity contribution in [3.63, 3.8) is 0 Å². The van der Waals surface area contributed by atoms with E-state index in [9.17, 15) is 0 Å². The number of rotatable bonds is 5. The molecule has 0 atom stereocenters. The van der Waals surface area contributed by atoms with Gasteiger partial charge in [0.25, 0.3) is 0 Å². The zero-order valence-electron chi connectivity index (χ0n) is 24.4. The van der Waals surface area contributed by atoms with Crippen molar-refractivity contribution >= 4 is 60.9 Å². The van der Waals surface area contributed by atoms with Crippen LogP contribution in [0, 0.1) is 0 Å². The Kier molecular flexibility index (Phi) is 5.82. The largest absolute Gasteiger partial charge is 0.456 e. The van der Waals surface area contributed by atoms with Crippen molar-refractivity contribution < 1.29 is 8.83 Å². The van der Waals surface area contributed by atoms with E-state index < -0.39 is 0 Å². The Hall–Kier alpha value is -6.06. The van der Waals surface area contributed by atoms with Crippen molar-refractivity contribution in [2.75, 3.05) is 4.90 Å². The fourth-order valence-corrected chi connectivity index (χ4v) is 6.56. The van der Waals surface area contributed by atoms with Crippen molar-refractivity contribution in [2.45, 2.75) is 0 Å². The van der Waals surface area contributed by atoms with Crippen LogP contribution in [0.4, 0.5) is 17.1 Å². The highest BCUT2D eigenvalue weighted by Gasteiger charge is 2.25. The van der Waals surface area contributed by atoms with Crippen LogP contribution in [0.3, 0.4) is 0 Å². The fraction of sp³-hybridized carbons (Fsp3) is 0. The molecule has 3 nitrogen and oxygen atoms in total. The first-order valence-corrected chi connectivity index (χ1v) is 15.2. The standard InChI is InChI=1S/C42H27NO2/c1-3-12-28(13-4-1)30-16-11-17-31(26-30)43(32-22-25-40-37(27-32)35-19-8-9-20-38(35)44-40)41-33(29-14-5-2-6-15-29)23-24-36-34-18-7-10-21-39(34)45-42(36)41/h1-27H. The smallest absolute Gasteiger partial charge is 0.160 e. The van der Waals surface area contributed by atoms with E-state index in [0.717, 1.165) is 77.6 Å². The van der Waals surface area contributed by atoms with Gasteiger partial charge in [-0.2, -0.15) is 0 Å². The molecule has 0 saturated carbocycles. The molecule has 2 aromatic heterocycles. The molecule has 212 valence electrons. The van der Waals surface area contributed by atoms with Gasteiger partial charge < -0.3 is 13.7 Å². The summed E-state index contributed by atoms with van der Waals surface area (Å²) < 4.78 is 13.0. The van der Waals surface area contributed by atoms with Gasteiger partial charge in [-0.05, 0) is 65.2 Å². The minimum absolute atomic E-state index is 0.847. The summed E-state index contributed by atoms with van der Waals surface area (Å²) in [4.78, 5) is 2.35. The van der Waals surface area contributed by atoms with E-state index >= 15 is 0 Å². The van der Waals surface area contributed by atoms with Crippen molar-refractivity contribution in [1.29, 1.82) is 0 Å². The molecule has 0 bridgehead atoms. The molecule has 9 rings (SSSR count). The second-order valence-electron chi connectivity index (χ2n) is 11.3. The minimum Gasteiger partial charge on any atom is -0.456 e. The van der Waals surface area contributed by atoms with Gasteiger partial charge in [0.15, 0.2) is 5.58 Å². The lowest BCUT2D eigenvalue weighted by Gasteiger charge is -2.28. The van der Waals surface area contributed by atoms with Gasteiger partial charge in [0, 0.05) is 38.5 Å². The first kappa shape index (κ1) is 25.4. The van der Waals surface area contributed by atoms with E-state index in [1.165, 1.54) is 5.56 Å². The number of hydrogen-bond acceptors (Lipinski definition) is 3. The summed E-state index contributed by atoms with van der Waals surface area (Å²) in [6.07, 6.45) is 0. The van der Waals surface area contributed by atoms with E-state index in [1.807, 2.05) is 24.3 Å². The van der Waals surface area contributed by atoms with Crippen LogP contribution >= 0.6 is 0 Å². The molecule has 0 saturated heterocycles. The highest BCUT2D eigenvalue weighted by atomic mass is 16.3. The molecule has 0 aliphatic rings. The molecule has 0 N–H and O–H groups in total. The van der Waals surface area contributed by atoms with Crippen LogP contribution < -0.4 is 4.90 Å². The molecule has 0 spiro atoms. The zero-order chi connectivity index (χ0) is 29.7. The van der Waals surface area contributed by atoms with Crippen molar-refractivity contribution in [3.05, 3.63) is 164 Å². The van der Waals surface area contributed by atoms with Gasteiger partial charge in [-0.1, -0.05) is 115 Å². The second-order valence-corrected chi connectivity index (χ2v) is 11.3. The predicted octanol–water partition coefficient (Wildman–Crippen LogP) is 12.3. The molecular weight excluding hydrogens is 550 g/mol. The molecule has 7 aromatic carbocycles. The first-order chi connectivity index (χ1) is 22.3. The summed E-state index contributed by atoms with van der Waals surface area (Å²) >= 11 is 0. The molecule has 45 heavy (non-hydrogen) atoms. The van der Waals surface area contributed by atoms with Gasteiger partial charge in [0.2, 0.25) is 0 Å². The summed E-state index contributed by atoms with van der Waals surface area (Å²) in [7, 11) is 0. The Labute approximate surface area is 260 Å². The molecular formula is C42H27NO2. The Balaban J connectivity index is 1.39. The maximum atomic E-state index is 6.77. The Bertz CT molecular complexity index is 2490. The van der Waals surface area contributed by atoms with Crippen molar-refractivity contribution in [1.82, 2.24) is 0 Å². The lowest BCUT2D eigenvalue weighted by atomic mass is 9.98. The van der Waals surface area contributed by atoms with Crippen LogP contribution in [0.5, 0.6) is 0 Å². The van der Waals surface area contributed by atoms with E-state index in [4.69, 9.17) is 8.83 Å². The molecule has 0 amide bonds. The number of fused-ring (bicyclic) bond motifs is 6. The van der Waals surface area contributed by atoms with Gasteiger partial charge in [0.05, 0.1) is 5.69 Å². The van der Waals surface area contributed by atoms with Crippen molar-refractivity contribution in [3.8, 4) is 22.3 Å². The molecule has 3 heteroatoms. The zero-order valence-corrected chi connectivity index (χ0v) is 24.4. The lowest BCUT2D eigenvalue weighted by Crippen LogP contribution is -2.12. The summed E-state index contributed by atoms with van der Waals surface area (Å²) in [6, 6.07) is 57.3. The second kappa shape index (κ2) is 10.3. The normalized spacial score (nSPS) is 11.6. The van der Waals surface area contributed by atoms with Gasteiger partial charge >= 0.3 is 0 Å². The third kappa shape index (κ3) is 4.21. The molecule has 0 unspecified atom stereocenters. The fourth-order valence-electron chi connectivity index (χ4n) is 6.56. The maximum absolute atomic E-state index is 6.77. The van der Waals surface area contributed by atoms with E-state index in [2.05, 4.69) is 144 Å². The topological polar surface area (TPSA) is 29.5 Å². The average Bonchev–Trinajstić information content (AvgIpc) is 3.68. The highest BCUT2D eigenvalue weighted by molar-refractivity contribution is 6.14. The summed E-state index contributed by atoms with van der Waals surface area (Å²) in [6.45, 7) is 0. The molecule has 0 radical (unpaired) electrons. The van der Waals surface area contributed by atoms with Crippen LogP contribution in [-0.4, -0.2) is 0 Å². The maximum Gasteiger partial charge on any atom is 0.160 e. The summed E-state index contributed by atoms with van der Waals surface area (Å²) in [5.74, 6) is 0. The Morgan fingerprint density at radius 2 is 0.956 bits per heavy atom. The Morgan fingerprint density at radius 1 is 0.356 bits per heavy atom. The monoisotopic (exact) mass is 577 g/mol. The minimum atomic E-state index is 0.847. The quantitative estimate of drug-likeness (QED) is 0.204. The van der Waals surface area contributed by atoms with Gasteiger partial charge in [-0.15, -0.1) is 0 Å². The number of anilines is 3. The Morgan fingerprint density at radius 3 is 1.73 bits per heavy atom. The number of hydrogen-bond donors (Lipinski definition) is 0. The first-order valence-electron chi connectivity index (χ1n) is 15.2. The van der Waals surface area contributed by atoms with E-state index in [-0.39, 0.29) is 0 Å².